The Morgan fingerprint density at radius 1 is 1.17 bits per heavy atom. The molecule has 0 aromatic heterocycles. The van der Waals surface area contributed by atoms with Crippen LogP contribution < -0.4 is 10.6 Å². The number of nitrogens with one attached hydrogen (secondary N) is 2. The van der Waals surface area contributed by atoms with Crippen molar-refractivity contribution >= 4 is 11.8 Å². The molecule has 0 atom stereocenters. The normalized spacial score (nSPS) is 22.4. The van der Waals surface area contributed by atoms with Gasteiger partial charge in [0.1, 0.15) is 0 Å². The maximum Gasteiger partial charge on any atom is 0.289 e. The van der Waals surface area contributed by atoms with Gasteiger partial charge >= 0.3 is 0 Å². The van der Waals surface area contributed by atoms with Crippen LogP contribution in [-0.4, -0.2) is 53.5 Å². The summed E-state index contributed by atoms with van der Waals surface area (Å²) in [7, 11) is 0. The van der Waals surface area contributed by atoms with Gasteiger partial charge in [-0.05, 0) is 50.1 Å². The standard InChI is InChI=1S/C23H33N3O3/c1-16(2)24-13-6-14-26-15-20(21(27)23(26)29)22(28)25-19-11-9-18(10-12-19)17-7-4-3-5-8-17/h3-5,7-8,16,18-19,24,27H,6,9-15H2,1-2H3,(H,25,28). The molecule has 6 heteroatoms. The Balaban J connectivity index is 1.46. The minimum Gasteiger partial charge on any atom is -0.503 e. The van der Waals surface area contributed by atoms with Crippen LogP contribution in [-0.2, 0) is 9.59 Å². The van der Waals surface area contributed by atoms with Gasteiger partial charge in [0.25, 0.3) is 11.8 Å². The number of rotatable bonds is 8. The van der Waals surface area contributed by atoms with E-state index in [1.807, 2.05) is 6.07 Å². The van der Waals surface area contributed by atoms with Crippen molar-refractivity contribution in [3.05, 3.63) is 47.2 Å². The van der Waals surface area contributed by atoms with Crippen LogP contribution in [0.3, 0.4) is 0 Å². The molecule has 0 unspecified atom stereocenters. The maximum absolute atomic E-state index is 12.7. The lowest BCUT2D eigenvalue weighted by atomic mass is 9.82. The minimum atomic E-state index is -0.438. The number of hydrogen-bond donors (Lipinski definition) is 3. The van der Waals surface area contributed by atoms with E-state index in [0.717, 1.165) is 38.6 Å². The van der Waals surface area contributed by atoms with Crippen LogP contribution in [0.15, 0.2) is 41.7 Å². The molecule has 1 aliphatic carbocycles. The Morgan fingerprint density at radius 3 is 2.52 bits per heavy atom. The number of benzene rings is 1. The number of hydrogen-bond acceptors (Lipinski definition) is 4. The van der Waals surface area contributed by atoms with Gasteiger partial charge < -0.3 is 20.6 Å². The molecule has 0 spiro atoms. The molecule has 3 N–H and O–H groups in total. The summed E-state index contributed by atoms with van der Waals surface area (Å²) < 4.78 is 0. The number of carbonyl (C=O) groups is 2. The van der Waals surface area contributed by atoms with Gasteiger partial charge in [-0.2, -0.15) is 0 Å². The van der Waals surface area contributed by atoms with Crippen molar-refractivity contribution in [2.24, 2.45) is 0 Å². The van der Waals surface area contributed by atoms with E-state index < -0.39 is 11.7 Å². The summed E-state index contributed by atoms with van der Waals surface area (Å²) in [4.78, 5) is 26.5. The van der Waals surface area contributed by atoms with Crippen LogP contribution in [0.4, 0.5) is 0 Å². The van der Waals surface area contributed by atoms with Crippen LogP contribution in [0.2, 0.25) is 0 Å². The van der Waals surface area contributed by atoms with E-state index in [1.54, 1.807) is 4.90 Å². The van der Waals surface area contributed by atoms with E-state index >= 15 is 0 Å². The molecule has 0 saturated heterocycles. The van der Waals surface area contributed by atoms with Gasteiger partial charge in [-0.3, -0.25) is 9.59 Å². The molecule has 0 radical (unpaired) electrons. The Hall–Kier alpha value is -2.34. The van der Waals surface area contributed by atoms with Crippen molar-refractivity contribution in [2.75, 3.05) is 19.6 Å². The summed E-state index contributed by atoms with van der Waals surface area (Å²) in [5, 5.41) is 16.5. The van der Waals surface area contributed by atoms with Crippen molar-refractivity contribution in [3.63, 3.8) is 0 Å². The van der Waals surface area contributed by atoms with Gasteiger partial charge in [0.2, 0.25) is 0 Å². The molecular formula is C23H33N3O3. The first kappa shape index (κ1) is 21.4. The predicted molar refractivity (Wildman–Crippen MR) is 114 cm³/mol. The second-order valence-corrected chi connectivity index (χ2v) is 8.45. The van der Waals surface area contributed by atoms with Crippen molar-refractivity contribution in [3.8, 4) is 0 Å². The predicted octanol–water partition coefficient (Wildman–Crippen LogP) is 2.87. The van der Waals surface area contributed by atoms with Crippen LogP contribution in [0.1, 0.15) is 57.4 Å². The van der Waals surface area contributed by atoms with Crippen molar-refractivity contribution < 1.29 is 14.7 Å². The summed E-state index contributed by atoms with van der Waals surface area (Å²) in [5.74, 6) is -0.591. The van der Waals surface area contributed by atoms with Crippen LogP contribution in [0.5, 0.6) is 0 Å². The molecule has 3 rings (SSSR count). The fourth-order valence-corrected chi connectivity index (χ4v) is 4.21. The highest BCUT2D eigenvalue weighted by atomic mass is 16.3. The van der Waals surface area contributed by atoms with E-state index in [0.29, 0.717) is 18.5 Å². The Morgan fingerprint density at radius 2 is 1.86 bits per heavy atom. The third-order valence-electron chi connectivity index (χ3n) is 5.89. The second kappa shape index (κ2) is 9.92. The fraction of sp³-hybridized carbons (Fsp3) is 0.565. The number of carbonyl (C=O) groups excluding carboxylic acids is 2. The smallest absolute Gasteiger partial charge is 0.289 e. The fourth-order valence-electron chi connectivity index (χ4n) is 4.21. The van der Waals surface area contributed by atoms with Gasteiger partial charge in [-0.15, -0.1) is 0 Å². The van der Waals surface area contributed by atoms with Gasteiger partial charge in [-0.25, -0.2) is 0 Å². The summed E-state index contributed by atoms with van der Waals surface area (Å²) in [6.45, 7) is 5.67. The van der Waals surface area contributed by atoms with Gasteiger partial charge in [0, 0.05) is 18.6 Å². The third kappa shape index (κ3) is 5.60. The molecule has 2 amide bonds. The quantitative estimate of drug-likeness (QED) is 0.587. The Bertz CT molecular complexity index is 737. The lowest BCUT2D eigenvalue weighted by Gasteiger charge is -2.29. The zero-order valence-corrected chi connectivity index (χ0v) is 17.5. The lowest BCUT2D eigenvalue weighted by molar-refractivity contribution is -0.127. The third-order valence-corrected chi connectivity index (χ3v) is 5.89. The second-order valence-electron chi connectivity index (χ2n) is 8.45. The average molecular weight is 400 g/mol. The molecule has 1 fully saturated rings. The topological polar surface area (TPSA) is 81.7 Å². The van der Waals surface area contributed by atoms with Crippen molar-refractivity contribution in [2.45, 2.75) is 64.0 Å². The SMILES string of the molecule is CC(C)NCCCN1CC(C(=O)NC2CCC(c3ccccc3)CC2)=C(O)C1=O. The summed E-state index contributed by atoms with van der Waals surface area (Å²) in [5.41, 5.74) is 1.57. The zero-order chi connectivity index (χ0) is 20.8. The number of aliphatic hydroxyl groups is 1. The van der Waals surface area contributed by atoms with Gasteiger partial charge in [-0.1, -0.05) is 44.2 Å². The van der Waals surface area contributed by atoms with Gasteiger partial charge in [0.05, 0.1) is 12.1 Å². The Kier molecular flexibility index (Phi) is 7.31. The number of nitrogens with zero attached hydrogens (tertiary/aromatic N) is 1. The molecule has 1 saturated carbocycles. The number of aliphatic hydroxyl groups excluding tert-OH is 1. The first-order valence-corrected chi connectivity index (χ1v) is 10.8. The molecular weight excluding hydrogens is 366 g/mol. The highest BCUT2D eigenvalue weighted by molar-refractivity contribution is 6.07. The Labute approximate surface area is 173 Å². The monoisotopic (exact) mass is 399 g/mol. The molecule has 0 bridgehead atoms. The molecule has 1 aromatic rings. The first-order valence-electron chi connectivity index (χ1n) is 10.8. The summed E-state index contributed by atoms with van der Waals surface area (Å²) in [6.07, 6.45) is 4.69. The lowest BCUT2D eigenvalue weighted by Crippen LogP contribution is -2.39. The van der Waals surface area contributed by atoms with E-state index in [9.17, 15) is 14.7 Å². The summed E-state index contributed by atoms with van der Waals surface area (Å²) >= 11 is 0. The molecule has 6 nitrogen and oxygen atoms in total. The summed E-state index contributed by atoms with van der Waals surface area (Å²) in [6, 6.07) is 11.0. The molecule has 2 aliphatic rings. The van der Waals surface area contributed by atoms with Crippen molar-refractivity contribution in [1.82, 2.24) is 15.5 Å². The van der Waals surface area contributed by atoms with Crippen LogP contribution >= 0.6 is 0 Å². The highest BCUT2D eigenvalue weighted by Crippen LogP contribution is 2.33. The molecule has 29 heavy (non-hydrogen) atoms. The highest BCUT2D eigenvalue weighted by Gasteiger charge is 2.34. The van der Waals surface area contributed by atoms with Crippen molar-refractivity contribution in [1.29, 1.82) is 0 Å². The maximum atomic E-state index is 12.7. The van der Waals surface area contributed by atoms with Gasteiger partial charge in [0.15, 0.2) is 5.76 Å². The first-order chi connectivity index (χ1) is 14.0. The largest absolute Gasteiger partial charge is 0.503 e. The van der Waals surface area contributed by atoms with E-state index in [2.05, 4.69) is 48.7 Å². The van der Waals surface area contributed by atoms with Crippen LogP contribution in [0.25, 0.3) is 0 Å². The minimum absolute atomic E-state index is 0.0992. The van der Waals surface area contributed by atoms with E-state index in [1.165, 1.54) is 5.56 Å². The zero-order valence-electron chi connectivity index (χ0n) is 17.5. The van der Waals surface area contributed by atoms with Crippen LogP contribution in [0, 0.1) is 0 Å². The molecule has 1 heterocycles. The molecule has 1 aromatic carbocycles. The molecule has 158 valence electrons. The van der Waals surface area contributed by atoms with E-state index in [-0.39, 0.29) is 24.1 Å². The number of amides is 2. The van der Waals surface area contributed by atoms with E-state index in [4.69, 9.17) is 0 Å². The molecule has 1 aliphatic heterocycles. The average Bonchev–Trinajstić information content (AvgIpc) is 3.01.